The number of benzene rings is 2. The number of anilines is 1. The smallest absolute Gasteiger partial charge is 0.293 e. The average molecular weight is 405 g/mol. The number of hydrogen-bond donors (Lipinski definition) is 2. The lowest BCUT2D eigenvalue weighted by molar-refractivity contribution is 0.282. The molecule has 1 aliphatic heterocycles. The van der Waals surface area contributed by atoms with Crippen molar-refractivity contribution < 1.29 is 5.11 Å². The fourth-order valence-electron chi connectivity index (χ4n) is 3.95. The maximum atomic E-state index is 13.3. The Balaban J connectivity index is 1.91. The Morgan fingerprint density at radius 1 is 1.03 bits per heavy atom. The van der Waals surface area contributed by atoms with E-state index < -0.39 is 0 Å². The van der Waals surface area contributed by atoms with Crippen LogP contribution in [-0.4, -0.2) is 33.8 Å². The van der Waals surface area contributed by atoms with Crippen LogP contribution in [0.25, 0.3) is 22.5 Å². The van der Waals surface area contributed by atoms with Crippen LogP contribution in [0.5, 0.6) is 0 Å². The van der Waals surface area contributed by atoms with E-state index in [2.05, 4.69) is 4.90 Å². The lowest BCUT2D eigenvalue weighted by atomic mass is 10.0. The molecule has 0 atom stereocenters. The summed E-state index contributed by atoms with van der Waals surface area (Å²) in [5.74, 6) is 0.474. The lowest BCUT2D eigenvalue weighted by Gasteiger charge is -2.31. The zero-order valence-corrected chi connectivity index (χ0v) is 17.5. The third kappa shape index (κ3) is 3.88. The Morgan fingerprint density at radius 3 is 2.23 bits per heavy atom. The predicted molar refractivity (Wildman–Crippen MR) is 120 cm³/mol. The van der Waals surface area contributed by atoms with Crippen LogP contribution in [0, 0.1) is 6.92 Å². The monoisotopic (exact) mass is 404 g/mol. The maximum absolute atomic E-state index is 13.3. The molecule has 1 aliphatic rings. The molecule has 6 heteroatoms. The van der Waals surface area contributed by atoms with Crippen LogP contribution in [0.4, 0.5) is 5.82 Å². The molecule has 0 radical (unpaired) electrons. The quantitative estimate of drug-likeness (QED) is 0.699. The van der Waals surface area contributed by atoms with Gasteiger partial charge in [0.25, 0.3) is 5.56 Å². The van der Waals surface area contributed by atoms with Crippen LogP contribution in [-0.2, 0) is 13.7 Å². The molecule has 30 heavy (non-hydrogen) atoms. The average Bonchev–Trinajstić information content (AvgIpc) is 2.77. The van der Waals surface area contributed by atoms with Gasteiger partial charge in [-0.05, 0) is 25.3 Å². The Bertz CT molecular complexity index is 1080. The Morgan fingerprint density at radius 2 is 1.63 bits per heavy atom. The number of nitrogens with two attached hydrogens (primary N) is 1. The summed E-state index contributed by atoms with van der Waals surface area (Å²) in [5, 5.41) is 9.40. The zero-order chi connectivity index (χ0) is 21.3. The minimum Gasteiger partial charge on any atom is -0.392 e. The van der Waals surface area contributed by atoms with Crippen molar-refractivity contribution >= 4 is 5.82 Å². The summed E-state index contributed by atoms with van der Waals surface area (Å²) in [5.41, 5.74) is 11.4. The van der Waals surface area contributed by atoms with E-state index in [1.165, 1.54) is 0 Å². The summed E-state index contributed by atoms with van der Waals surface area (Å²) in [6.45, 7) is 3.50. The highest BCUT2D eigenvalue weighted by Crippen LogP contribution is 2.31. The van der Waals surface area contributed by atoms with Gasteiger partial charge in [0.2, 0.25) is 0 Å². The molecule has 1 aromatic heterocycles. The second-order valence-electron chi connectivity index (χ2n) is 8.04. The van der Waals surface area contributed by atoms with E-state index in [4.69, 9.17) is 10.7 Å². The molecule has 2 aromatic carbocycles. The largest absolute Gasteiger partial charge is 0.392 e. The SMILES string of the molecule is Cc1ccc(-c2c(-c3ccc(CO)cc3)nc(N3CCC(N)CC3)c(=O)n2C)cc1. The summed E-state index contributed by atoms with van der Waals surface area (Å²) in [7, 11) is 1.81. The third-order valence-electron chi connectivity index (χ3n) is 5.85. The van der Waals surface area contributed by atoms with Crippen molar-refractivity contribution in [2.45, 2.75) is 32.4 Å². The summed E-state index contributed by atoms with van der Waals surface area (Å²) in [4.78, 5) is 20.2. The molecule has 1 saturated heterocycles. The molecule has 156 valence electrons. The molecule has 1 fully saturated rings. The molecule has 6 nitrogen and oxygen atoms in total. The molecule has 0 spiro atoms. The van der Waals surface area contributed by atoms with Gasteiger partial charge < -0.3 is 20.3 Å². The first kappa shape index (κ1) is 20.3. The van der Waals surface area contributed by atoms with E-state index >= 15 is 0 Å². The van der Waals surface area contributed by atoms with Gasteiger partial charge in [0.15, 0.2) is 5.82 Å². The molecule has 0 unspecified atom stereocenters. The fraction of sp³-hybridized carbons (Fsp3) is 0.333. The van der Waals surface area contributed by atoms with Crippen molar-refractivity contribution in [3.63, 3.8) is 0 Å². The molecular weight excluding hydrogens is 376 g/mol. The van der Waals surface area contributed by atoms with Crippen molar-refractivity contribution in [3.05, 3.63) is 70.0 Å². The van der Waals surface area contributed by atoms with E-state index in [1.807, 2.05) is 62.5 Å². The summed E-state index contributed by atoms with van der Waals surface area (Å²) >= 11 is 0. The minimum absolute atomic E-state index is 0.00884. The number of rotatable bonds is 4. The van der Waals surface area contributed by atoms with Crippen LogP contribution >= 0.6 is 0 Å². The number of nitrogens with zero attached hydrogens (tertiary/aromatic N) is 3. The highest BCUT2D eigenvalue weighted by atomic mass is 16.3. The fourth-order valence-corrected chi connectivity index (χ4v) is 3.95. The van der Waals surface area contributed by atoms with Gasteiger partial charge in [0, 0.05) is 37.3 Å². The van der Waals surface area contributed by atoms with Crippen molar-refractivity contribution in [1.29, 1.82) is 0 Å². The maximum Gasteiger partial charge on any atom is 0.293 e. The van der Waals surface area contributed by atoms with Gasteiger partial charge in [-0.3, -0.25) is 4.79 Å². The van der Waals surface area contributed by atoms with E-state index in [9.17, 15) is 9.90 Å². The van der Waals surface area contributed by atoms with Crippen LogP contribution in [0.2, 0.25) is 0 Å². The summed E-state index contributed by atoms with van der Waals surface area (Å²) < 4.78 is 1.71. The molecular formula is C24H28N4O2. The number of aromatic nitrogens is 2. The van der Waals surface area contributed by atoms with Crippen molar-refractivity contribution in [3.8, 4) is 22.5 Å². The minimum atomic E-state index is -0.100. The van der Waals surface area contributed by atoms with Crippen LogP contribution < -0.4 is 16.2 Å². The molecule has 2 heterocycles. The first-order chi connectivity index (χ1) is 14.5. The van der Waals surface area contributed by atoms with Crippen LogP contribution in [0.15, 0.2) is 53.3 Å². The molecule has 0 amide bonds. The number of hydrogen-bond acceptors (Lipinski definition) is 5. The molecule has 3 N–H and O–H groups in total. The van der Waals surface area contributed by atoms with Crippen molar-refractivity contribution in [2.75, 3.05) is 18.0 Å². The summed E-state index contributed by atoms with van der Waals surface area (Å²) in [6, 6.07) is 16.0. The second-order valence-corrected chi connectivity index (χ2v) is 8.04. The van der Waals surface area contributed by atoms with Crippen LogP contribution in [0.3, 0.4) is 0 Å². The molecule has 3 aromatic rings. The third-order valence-corrected chi connectivity index (χ3v) is 5.85. The number of aliphatic hydroxyl groups excluding tert-OH is 1. The molecule has 0 saturated carbocycles. The number of aryl methyl sites for hydroxylation is 1. The van der Waals surface area contributed by atoms with Crippen molar-refractivity contribution in [2.24, 2.45) is 12.8 Å². The predicted octanol–water partition coefficient (Wildman–Crippen LogP) is 2.84. The van der Waals surface area contributed by atoms with Gasteiger partial charge in [-0.25, -0.2) is 4.98 Å². The first-order valence-corrected chi connectivity index (χ1v) is 10.4. The Labute approximate surface area is 176 Å². The Kier molecular flexibility index (Phi) is 5.70. The van der Waals surface area contributed by atoms with Crippen molar-refractivity contribution in [1.82, 2.24) is 9.55 Å². The van der Waals surface area contributed by atoms with E-state index in [1.54, 1.807) is 4.57 Å². The van der Waals surface area contributed by atoms with E-state index in [-0.39, 0.29) is 18.2 Å². The highest BCUT2D eigenvalue weighted by Gasteiger charge is 2.24. The lowest BCUT2D eigenvalue weighted by Crippen LogP contribution is -2.43. The van der Waals surface area contributed by atoms with Gasteiger partial charge in [-0.2, -0.15) is 0 Å². The molecule has 0 aliphatic carbocycles. The van der Waals surface area contributed by atoms with Crippen LogP contribution in [0.1, 0.15) is 24.0 Å². The Hall–Kier alpha value is -2.96. The van der Waals surface area contributed by atoms with E-state index in [0.29, 0.717) is 5.82 Å². The molecule has 4 rings (SSSR count). The van der Waals surface area contributed by atoms with Gasteiger partial charge in [0.1, 0.15) is 0 Å². The van der Waals surface area contributed by atoms with Gasteiger partial charge in [0.05, 0.1) is 18.0 Å². The highest BCUT2D eigenvalue weighted by molar-refractivity contribution is 5.79. The normalized spacial score (nSPS) is 14.9. The van der Waals surface area contributed by atoms with Gasteiger partial charge in [-0.1, -0.05) is 54.1 Å². The standard InChI is InChI=1S/C24H28N4O2/c1-16-3-7-19(8-4-16)22-21(18-9-5-17(15-29)6-10-18)26-23(24(30)27(22)2)28-13-11-20(25)12-14-28/h3-10,20,29H,11-15,25H2,1-2H3. The van der Waals surface area contributed by atoms with Gasteiger partial charge in [-0.15, -0.1) is 0 Å². The number of piperidine rings is 1. The first-order valence-electron chi connectivity index (χ1n) is 10.4. The van der Waals surface area contributed by atoms with Gasteiger partial charge >= 0.3 is 0 Å². The topological polar surface area (TPSA) is 84.4 Å². The van der Waals surface area contributed by atoms with E-state index in [0.717, 1.165) is 59.6 Å². The number of aliphatic hydroxyl groups is 1. The second kappa shape index (κ2) is 8.42. The zero-order valence-electron chi connectivity index (χ0n) is 17.5. The summed E-state index contributed by atoms with van der Waals surface area (Å²) in [6.07, 6.45) is 1.70. The molecule has 0 bridgehead atoms.